The molecule has 0 aliphatic heterocycles. The van der Waals surface area contributed by atoms with E-state index >= 15 is 0 Å². The maximum atomic E-state index is 10.7. The molecule has 0 aromatic heterocycles. The normalized spacial score (nSPS) is 19.6. The van der Waals surface area contributed by atoms with Crippen LogP contribution >= 0.6 is 7.29 Å². The van der Waals surface area contributed by atoms with Crippen LogP contribution in [0.5, 0.6) is 0 Å². The number of hydrogen-bond acceptors (Lipinski definition) is 1. The average molecular weight is 121 g/mol. The first-order valence-corrected chi connectivity index (χ1v) is 4.59. The van der Waals surface area contributed by atoms with Crippen LogP contribution in [-0.2, 0) is 4.57 Å². The molecule has 0 radical (unpaired) electrons. The summed E-state index contributed by atoms with van der Waals surface area (Å²) in [4.78, 5) is 0. The lowest BCUT2D eigenvalue weighted by Gasteiger charge is -2.08. The zero-order valence-electron chi connectivity index (χ0n) is 5.01. The van der Waals surface area contributed by atoms with Crippen molar-refractivity contribution in [2.75, 3.05) is 6.66 Å². The van der Waals surface area contributed by atoms with Crippen LogP contribution < -0.4 is 5.50 Å². The Bertz CT molecular complexity index is 93.9. The molecule has 0 aliphatic carbocycles. The zero-order chi connectivity index (χ0) is 6.08. The van der Waals surface area contributed by atoms with Crippen molar-refractivity contribution in [3.63, 3.8) is 0 Å². The molecule has 0 aromatic carbocycles. The Morgan fingerprint density at radius 2 is 1.71 bits per heavy atom. The largest absolute Gasteiger partial charge is 0.307 e. The molecule has 0 fully saturated rings. The lowest BCUT2D eigenvalue weighted by atomic mass is 10.6. The topological polar surface area (TPSA) is 43.1 Å². The van der Waals surface area contributed by atoms with E-state index < -0.39 is 7.29 Å². The van der Waals surface area contributed by atoms with Crippen LogP contribution in [0.15, 0.2) is 0 Å². The molecule has 2 N–H and O–H groups in total. The molecule has 44 valence electrons. The Morgan fingerprint density at radius 3 is 1.71 bits per heavy atom. The van der Waals surface area contributed by atoms with E-state index in [9.17, 15) is 4.57 Å². The minimum absolute atomic E-state index is 0.132. The predicted molar refractivity (Wildman–Crippen MR) is 32.9 cm³/mol. The summed E-state index contributed by atoms with van der Waals surface area (Å²) in [5, 5.41) is 0. The summed E-state index contributed by atoms with van der Waals surface area (Å²) in [6.07, 6.45) is 0. The molecule has 7 heavy (non-hydrogen) atoms. The van der Waals surface area contributed by atoms with Gasteiger partial charge in [-0.1, -0.05) is 13.8 Å². The number of nitrogens with two attached hydrogens (primary N) is 1. The quantitative estimate of drug-likeness (QED) is 0.530. The Kier molecular flexibility index (Phi) is 2.03. The second-order valence-corrected chi connectivity index (χ2v) is 5.30. The fourth-order valence-corrected chi connectivity index (χ4v) is 0. The van der Waals surface area contributed by atoms with E-state index in [-0.39, 0.29) is 5.66 Å². The number of hydrogen-bond donors (Lipinski definition) is 1. The second kappa shape index (κ2) is 1.97. The van der Waals surface area contributed by atoms with Gasteiger partial charge in [0, 0.05) is 12.3 Å². The van der Waals surface area contributed by atoms with Crippen molar-refractivity contribution < 1.29 is 4.57 Å². The third-order valence-electron chi connectivity index (χ3n) is 1.03. The van der Waals surface area contributed by atoms with Crippen LogP contribution in [0.25, 0.3) is 0 Å². The third kappa shape index (κ3) is 2.84. The molecule has 0 heterocycles. The number of rotatable bonds is 1. The smallest absolute Gasteiger partial charge is 0.144 e. The maximum Gasteiger partial charge on any atom is 0.144 e. The van der Waals surface area contributed by atoms with E-state index in [0.29, 0.717) is 0 Å². The SMILES string of the molecule is CC(C)P(C)(N)=O. The summed E-state index contributed by atoms with van der Waals surface area (Å²) in [6.45, 7) is 5.32. The van der Waals surface area contributed by atoms with Gasteiger partial charge in [0.2, 0.25) is 0 Å². The minimum Gasteiger partial charge on any atom is -0.307 e. The van der Waals surface area contributed by atoms with Crippen molar-refractivity contribution in [2.45, 2.75) is 19.5 Å². The fourth-order valence-electron chi connectivity index (χ4n) is 0. The summed E-state index contributed by atoms with van der Waals surface area (Å²) >= 11 is 0. The molecule has 1 unspecified atom stereocenters. The van der Waals surface area contributed by atoms with E-state index in [4.69, 9.17) is 5.50 Å². The highest BCUT2D eigenvalue weighted by molar-refractivity contribution is 7.61. The summed E-state index contributed by atoms with van der Waals surface area (Å²) in [5.74, 6) is 0. The third-order valence-corrected chi connectivity index (χ3v) is 3.08. The highest BCUT2D eigenvalue weighted by Gasteiger charge is 2.11. The summed E-state index contributed by atoms with van der Waals surface area (Å²) < 4.78 is 10.7. The van der Waals surface area contributed by atoms with Gasteiger partial charge < -0.3 is 4.57 Å². The van der Waals surface area contributed by atoms with Gasteiger partial charge in [-0.05, 0) is 0 Å². The van der Waals surface area contributed by atoms with Gasteiger partial charge in [0.1, 0.15) is 7.29 Å². The van der Waals surface area contributed by atoms with Crippen LogP contribution in [0.1, 0.15) is 13.8 Å². The lowest BCUT2D eigenvalue weighted by molar-refractivity contribution is 0.573. The first-order valence-electron chi connectivity index (χ1n) is 2.30. The Morgan fingerprint density at radius 1 is 1.57 bits per heavy atom. The molecular formula is C4H12NOP. The summed E-state index contributed by atoms with van der Waals surface area (Å²) in [6, 6.07) is 0. The van der Waals surface area contributed by atoms with Crippen molar-refractivity contribution >= 4 is 7.29 Å². The van der Waals surface area contributed by atoms with E-state index in [1.54, 1.807) is 6.66 Å². The van der Waals surface area contributed by atoms with Crippen LogP contribution in [0.4, 0.5) is 0 Å². The summed E-state index contributed by atoms with van der Waals surface area (Å²) in [7, 11) is -2.24. The van der Waals surface area contributed by atoms with E-state index in [2.05, 4.69) is 0 Å². The molecular weight excluding hydrogens is 109 g/mol. The molecule has 2 nitrogen and oxygen atoms in total. The average Bonchev–Trinajstić information content (AvgIpc) is 1.31. The molecule has 0 saturated heterocycles. The zero-order valence-corrected chi connectivity index (χ0v) is 5.90. The van der Waals surface area contributed by atoms with Gasteiger partial charge in [-0.15, -0.1) is 0 Å². The molecule has 0 aromatic rings. The molecule has 0 spiro atoms. The van der Waals surface area contributed by atoms with Gasteiger partial charge in [-0.2, -0.15) is 0 Å². The second-order valence-electron chi connectivity index (χ2n) is 2.15. The molecule has 1 atom stereocenters. The Balaban J connectivity index is 3.80. The highest BCUT2D eigenvalue weighted by atomic mass is 31.2. The standard InChI is InChI=1S/C4H12NOP/c1-4(2)7(3,5)6/h4H,1-3H3,(H2,5,6). The van der Waals surface area contributed by atoms with E-state index in [0.717, 1.165) is 0 Å². The van der Waals surface area contributed by atoms with Crippen molar-refractivity contribution in [3.8, 4) is 0 Å². The molecule has 0 bridgehead atoms. The van der Waals surface area contributed by atoms with Gasteiger partial charge in [0.05, 0.1) is 0 Å². The van der Waals surface area contributed by atoms with Gasteiger partial charge >= 0.3 is 0 Å². The van der Waals surface area contributed by atoms with Crippen LogP contribution in [0.2, 0.25) is 0 Å². The molecule has 0 saturated carbocycles. The Labute approximate surface area is 44.5 Å². The van der Waals surface area contributed by atoms with Gasteiger partial charge in [-0.3, -0.25) is 5.50 Å². The Hall–Kier alpha value is 0.190. The monoisotopic (exact) mass is 121 g/mol. The van der Waals surface area contributed by atoms with Crippen molar-refractivity contribution in [2.24, 2.45) is 5.50 Å². The molecule has 0 rings (SSSR count). The maximum absolute atomic E-state index is 10.7. The van der Waals surface area contributed by atoms with E-state index in [1.165, 1.54) is 0 Å². The molecule has 3 heteroatoms. The minimum atomic E-state index is -2.24. The fraction of sp³-hybridized carbons (Fsp3) is 1.00. The van der Waals surface area contributed by atoms with Crippen LogP contribution in [0.3, 0.4) is 0 Å². The van der Waals surface area contributed by atoms with Crippen LogP contribution in [0, 0.1) is 0 Å². The van der Waals surface area contributed by atoms with Crippen molar-refractivity contribution in [1.82, 2.24) is 0 Å². The van der Waals surface area contributed by atoms with Crippen molar-refractivity contribution in [1.29, 1.82) is 0 Å². The predicted octanol–water partition coefficient (Wildman–Crippen LogP) is 1.26. The van der Waals surface area contributed by atoms with Crippen molar-refractivity contribution in [3.05, 3.63) is 0 Å². The summed E-state index contributed by atoms with van der Waals surface area (Å²) in [5.41, 5.74) is 5.37. The molecule has 0 amide bonds. The lowest BCUT2D eigenvalue weighted by Crippen LogP contribution is -2.03. The van der Waals surface area contributed by atoms with Gasteiger partial charge in [0.25, 0.3) is 0 Å². The van der Waals surface area contributed by atoms with Gasteiger partial charge in [0.15, 0.2) is 0 Å². The van der Waals surface area contributed by atoms with Gasteiger partial charge in [-0.25, -0.2) is 0 Å². The van der Waals surface area contributed by atoms with Crippen LogP contribution in [-0.4, -0.2) is 12.3 Å². The first kappa shape index (κ1) is 7.19. The molecule has 0 aliphatic rings. The first-order chi connectivity index (χ1) is 2.94. The van der Waals surface area contributed by atoms with E-state index in [1.807, 2.05) is 13.8 Å². The highest BCUT2D eigenvalue weighted by Crippen LogP contribution is 2.36.